The Balaban J connectivity index is 1.97. The van der Waals surface area contributed by atoms with Crippen molar-refractivity contribution in [2.75, 3.05) is 6.54 Å². The van der Waals surface area contributed by atoms with Gasteiger partial charge in [0, 0.05) is 22.4 Å². The van der Waals surface area contributed by atoms with Crippen molar-refractivity contribution in [2.45, 2.75) is 18.8 Å². The number of hydrogen-bond donors (Lipinski definition) is 3. The van der Waals surface area contributed by atoms with Gasteiger partial charge in [-0.1, -0.05) is 12.1 Å². The minimum atomic E-state index is -0.0509. The van der Waals surface area contributed by atoms with Crippen molar-refractivity contribution in [3.63, 3.8) is 0 Å². The van der Waals surface area contributed by atoms with Gasteiger partial charge in [0.2, 0.25) is 0 Å². The lowest BCUT2D eigenvalue weighted by Gasteiger charge is -2.28. The van der Waals surface area contributed by atoms with Crippen LogP contribution < -0.4 is 11.3 Å². The molecular formula is C18H17BrN4O. The van der Waals surface area contributed by atoms with Gasteiger partial charge in [0.05, 0.1) is 11.8 Å². The Hall–Kier alpha value is -2.18. The Morgan fingerprint density at radius 2 is 2.17 bits per heavy atom. The van der Waals surface area contributed by atoms with E-state index in [1.165, 1.54) is 5.56 Å². The molecule has 0 radical (unpaired) electrons. The van der Waals surface area contributed by atoms with Gasteiger partial charge >= 0.3 is 0 Å². The minimum absolute atomic E-state index is 0.0509. The lowest BCUT2D eigenvalue weighted by molar-refractivity contribution is 0.622. The Morgan fingerprint density at radius 3 is 2.92 bits per heavy atom. The molecular weight excluding hydrogens is 368 g/mol. The zero-order valence-corrected chi connectivity index (χ0v) is 14.6. The topological polar surface area (TPSA) is 87.6 Å². The van der Waals surface area contributed by atoms with E-state index in [0.717, 1.165) is 45.1 Å². The number of halogens is 1. The second-order valence-electron chi connectivity index (χ2n) is 6.09. The summed E-state index contributed by atoms with van der Waals surface area (Å²) in [4.78, 5) is 15.3. The molecule has 6 heteroatoms. The van der Waals surface area contributed by atoms with Gasteiger partial charge in [-0.25, -0.2) is 0 Å². The van der Waals surface area contributed by atoms with Crippen LogP contribution >= 0.6 is 15.9 Å². The van der Waals surface area contributed by atoms with E-state index >= 15 is 0 Å². The Morgan fingerprint density at radius 1 is 1.29 bits per heavy atom. The van der Waals surface area contributed by atoms with E-state index in [1.54, 1.807) is 12.4 Å². The van der Waals surface area contributed by atoms with Crippen LogP contribution in [0.4, 0.5) is 0 Å². The normalized spacial score (nSPS) is 15.8. The number of H-pyrrole nitrogens is 2. The zero-order valence-electron chi connectivity index (χ0n) is 13.0. The van der Waals surface area contributed by atoms with Gasteiger partial charge in [-0.05, 0) is 69.6 Å². The van der Waals surface area contributed by atoms with Crippen LogP contribution in [0.2, 0.25) is 0 Å². The van der Waals surface area contributed by atoms with Crippen molar-refractivity contribution >= 4 is 15.9 Å². The molecule has 0 saturated heterocycles. The van der Waals surface area contributed by atoms with Gasteiger partial charge in [0.1, 0.15) is 0 Å². The van der Waals surface area contributed by atoms with Crippen LogP contribution in [0.3, 0.4) is 0 Å². The largest absolute Gasteiger partial charge is 0.330 e. The molecule has 3 aromatic rings. The number of nitrogens with one attached hydrogen (secondary N) is 2. The predicted molar refractivity (Wildman–Crippen MR) is 97.9 cm³/mol. The van der Waals surface area contributed by atoms with Crippen LogP contribution in [0.25, 0.3) is 22.3 Å². The lowest BCUT2D eigenvalue weighted by atomic mass is 9.77. The summed E-state index contributed by atoms with van der Waals surface area (Å²) >= 11 is 3.59. The molecule has 2 heterocycles. The summed E-state index contributed by atoms with van der Waals surface area (Å²) in [5, 5.41) is 6.85. The summed E-state index contributed by atoms with van der Waals surface area (Å²) in [6.45, 7) is 0.629. The van der Waals surface area contributed by atoms with Crippen molar-refractivity contribution in [1.29, 1.82) is 0 Å². The van der Waals surface area contributed by atoms with E-state index in [9.17, 15) is 4.79 Å². The highest BCUT2D eigenvalue weighted by Crippen LogP contribution is 2.42. The first-order valence-electron chi connectivity index (χ1n) is 7.92. The fourth-order valence-electron chi connectivity index (χ4n) is 3.56. The quantitative estimate of drug-likeness (QED) is 0.647. The Labute approximate surface area is 147 Å². The molecule has 1 unspecified atom stereocenters. The number of benzene rings is 1. The summed E-state index contributed by atoms with van der Waals surface area (Å²) in [6, 6.07) is 6.30. The first kappa shape index (κ1) is 15.4. The van der Waals surface area contributed by atoms with Gasteiger partial charge < -0.3 is 10.7 Å². The number of aromatic amines is 2. The van der Waals surface area contributed by atoms with Crippen LogP contribution in [0, 0.1) is 0 Å². The number of fused-ring (bicyclic) bond motifs is 3. The molecule has 0 bridgehead atoms. The Bertz CT molecular complexity index is 946. The van der Waals surface area contributed by atoms with Gasteiger partial charge in [0.15, 0.2) is 0 Å². The SMILES string of the molecule is NCCC1Cc2c(Br)c[nH]c(=O)c2-c2cc(-c3cn[nH]c3)ccc21. The minimum Gasteiger partial charge on any atom is -0.330 e. The van der Waals surface area contributed by atoms with Crippen molar-refractivity contribution in [3.05, 3.63) is 62.7 Å². The van der Waals surface area contributed by atoms with Crippen LogP contribution in [0.5, 0.6) is 0 Å². The standard InChI is InChI=1S/C18H17BrN4O/c19-16-9-21-18(24)17-14-5-10(12-7-22-23-8-12)1-2-13(14)11(3-4-20)6-15(16)17/h1-2,5,7-9,11H,3-4,6,20H2,(H,21,24)(H,22,23). The first-order chi connectivity index (χ1) is 11.7. The fourth-order valence-corrected chi connectivity index (χ4v) is 4.04. The lowest BCUT2D eigenvalue weighted by Crippen LogP contribution is -2.21. The van der Waals surface area contributed by atoms with Gasteiger partial charge in [-0.15, -0.1) is 0 Å². The number of nitrogens with zero attached hydrogens (tertiary/aromatic N) is 1. The van der Waals surface area contributed by atoms with Crippen LogP contribution in [-0.4, -0.2) is 21.7 Å². The number of nitrogens with two attached hydrogens (primary N) is 1. The van der Waals surface area contributed by atoms with E-state index in [-0.39, 0.29) is 5.56 Å². The number of aromatic nitrogens is 3. The molecule has 0 fully saturated rings. The third-order valence-electron chi connectivity index (χ3n) is 4.71. The molecule has 4 N–H and O–H groups in total. The van der Waals surface area contributed by atoms with Crippen molar-refractivity contribution < 1.29 is 0 Å². The highest BCUT2D eigenvalue weighted by molar-refractivity contribution is 9.10. The summed E-state index contributed by atoms with van der Waals surface area (Å²) in [5.41, 5.74) is 11.8. The fraction of sp³-hybridized carbons (Fsp3) is 0.222. The van der Waals surface area contributed by atoms with E-state index in [4.69, 9.17) is 5.73 Å². The van der Waals surface area contributed by atoms with Crippen LogP contribution in [0.1, 0.15) is 23.5 Å². The second kappa shape index (κ2) is 6.03. The summed E-state index contributed by atoms with van der Waals surface area (Å²) in [5.74, 6) is 0.328. The maximum Gasteiger partial charge on any atom is 0.256 e. The summed E-state index contributed by atoms with van der Waals surface area (Å²) in [7, 11) is 0. The van der Waals surface area contributed by atoms with Crippen LogP contribution in [-0.2, 0) is 6.42 Å². The zero-order chi connectivity index (χ0) is 16.7. The monoisotopic (exact) mass is 384 g/mol. The summed E-state index contributed by atoms with van der Waals surface area (Å²) in [6.07, 6.45) is 7.10. The Kier molecular flexibility index (Phi) is 3.86. The van der Waals surface area contributed by atoms with Gasteiger partial charge in [0.25, 0.3) is 5.56 Å². The highest BCUT2D eigenvalue weighted by Gasteiger charge is 2.28. The molecule has 0 aliphatic heterocycles. The number of rotatable bonds is 3. The molecule has 5 nitrogen and oxygen atoms in total. The third-order valence-corrected chi connectivity index (χ3v) is 5.41. The van der Waals surface area contributed by atoms with E-state index < -0.39 is 0 Å². The maximum absolute atomic E-state index is 12.5. The molecule has 0 amide bonds. The van der Waals surface area contributed by atoms with E-state index in [1.807, 2.05) is 6.20 Å². The predicted octanol–water partition coefficient (Wildman–Crippen LogP) is 3.18. The third kappa shape index (κ3) is 2.42. The average Bonchev–Trinajstić information content (AvgIpc) is 3.12. The highest BCUT2D eigenvalue weighted by atomic mass is 79.9. The molecule has 1 aromatic carbocycles. The molecule has 24 heavy (non-hydrogen) atoms. The molecule has 0 spiro atoms. The molecule has 122 valence electrons. The molecule has 0 saturated carbocycles. The van der Waals surface area contributed by atoms with Crippen molar-refractivity contribution in [1.82, 2.24) is 15.2 Å². The number of hydrogen-bond acceptors (Lipinski definition) is 3. The van der Waals surface area contributed by atoms with Gasteiger partial charge in [-0.3, -0.25) is 9.89 Å². The number of pyridine rings is 1. The average molecular weight is 385 g/mol. The van der Waals surface area contributed by atoms with Crippen molar-refractivity contribution in [2.24, 2.45) is 5.73 Å². The molecule has 4 rings (SSSR count). The summed E-state index contributed by atoms with van der Waals surface area (Å²) < 4.78 is 0.943. The van der Waals surface area contributed by atoms with E-state index in [0.29, 0.717) is 12.5 Å². The molecule has 1 atom stereocenters. The van der Waals surface area contributed by atoms with Crippen LogP contribution in [0.15, 0.2) is 46.1 Å². The van der Waals surface area contributed by atoms with Gasteiger partial charge in [-0.2, -0.15) is 5.10 Å². The first-order valence-corrected chi connectivity index (χ1v) is 8.72. The molecule has 1 aliphatic carbocycles. The molecule has 1 aliphatic rings. The second-order valence-corrected chi connectivity index (χ2v) is 6.94. The van der Waals surface area contributed by atoms with E-state index in [2.05, 4.69) is 49.3 Å². The molecule has 2 aromatic heterocycles. The smallest absolute Gasteiger partial charge is 0.256 e. The van der Waals surface area contributed by atoms with Crippen molar-refractivity contribution in [3.8, 4) is 22.3 Å². The maximum atomic E-state index is 12.5.